The number of hydrogen-bond acceptors (Lipinski definition) is 5. The van der Waals surface area contributed by atoms with Gasteiger partial charge in [-0.05, 0) is 42.5 Å². The first-order chi connectivity index (χ1) is 14.0. The number of nitro benzene ring substituents is 1. The highest BCUT2D eigenvalue weighted by Gasteiger charge is 2.12. The molecule has 0 atom stereocenters. The molecule has 0 saturated heterocycles. The molecular weight excluding hydrogens is 413 g/mol. The Hall–Kier alpha value is -2.96. The maximum Gasteiger partial charge on any atom is 0.270 e. The molecule has 148 valence electrons. The second-order valence-corrected chi connectivity index (χ2v) is 8.17. The van der Waals surface area contributed by atoms with Gasteiger partial charge in [-0.2, -0.15) is 4.99 Å². The number of benzene rings is 2. The van der Waals surface area contributed by atoms with E-state index in [1.165, 1.54) is 35.6 Å². The number of aromatic nitrogens is 1. The highest BCUT2D eigenvalue weighted by atomic mass is 32.2. The van der Waals surface area contributed by atoms with Crippen LogP contribution in [0.1, 0.15) is 12.8 Å². The Labute approximate surface area is 174 Å². The fourth-order valence-electron chi connectivity index (χ4n) is 2.61. The molecule has 0 aliphatic rings. The van der Waals surface area contributed by atoms with Gasteiger partial charge in [-0.1, -0.05) is 17.3 Å². The average molecular weight is 429 g/mol. The number of thioether (sulfide) groups is 1. The van der Waals surface area contributed by atoms with E-state index in [1.807, 2.05) is 0 Å². The lowest BCUT2D eigenvalue weighted by molar-refractivity contribution is -0.384. The number of halogens is 1. The molecule has 0 saturated carbocycles. The number of terminal acetylenes is 1. The molecule has 9 heteroatoms. The highest BCUT2D eigenvalue weighted by molar-refractivity contribution is 7.99. The zero-order valence-electron chi connectivity index (χ0n) is 15.2. The second-order valence-electron chi connectivity index (χ2n) is 6.00. The maximum absolute atomic E-state index is 12.9. The molecule has 1 aromatic heterocycles. The standard InChI is InChI=1S/C20H16FN3O3S2/c1-2-11-23-17-10-7-15(24(26)27)13-18(17)29-20(23)22-19(25)4-3-12-28-16-8-5-14(21)6-9-16/h1,5-10,13H,3-4,11-12H2. The molecule has 0 radical (unpaired) electrons. The Kier molecular flexibility index (Phi) is 6.80. The number of non-ortho nitro benzene ring substituents is 1. The summed E-state index contributed by atoms with van der Waals surface area (Å²) in [6, 6.07) is 10.7. The molecule has 1 amide bonds. The fraction of sp³-hybridized carbons (Fsp3) is 0.200. The fourth-order valence-corrected chi connectivity index (χ4v) is 4.54. The molecule has 0 aliphatic heterocycles. The van der Waals surface area contributed by atoms with Crippen molar-refractivity contribution < 1.29 is 14.1 Å². The molecule has 3 aromatic rings. The van der Waals surface area contributed by atoms with Crippen molar-refractivity contribution in [3.8, 4) is 12.3 Å². The number of carbonyl (C=O) groups is 1. The Morgan fingerprint density at radius 2 is 2.07 bits per heavy atom. The van der Waals surface area contributed by atoms with Crippen LogP contribution < -0.4 is 4.80 Å². The summed E-state index contributed by atoms with van der Waals surface area (Å²) in [7, 11) is 0. The average Bonchev–Trinajstić information content (AvgIpc) is 3.03. The molecule has 2 aromatic carbocycles. The summed E-state index contributed by atoms with van der Waals surface area (Å²) in [5, 5.41) is 11.0. The van der Waals surface area contributed by atoms with Gasteiger partial charge < -0.3 is 4.57 Å². The molecule has 0 fully saturated rings. The second kappa shape index (κ2) is 9.49. The predicted octanol–water partition coefficient (Wildman–Crippen LogP) is 4.38. The zero-order valence-corrected chi connectivity index (χ0v) is 16.8. The van der Waals surface area contributed by atoms with E-state index in [0.29, 0.717) is 27.2 Å². The SMILES string of the molecule is C#CCn1c(=NC(=O)CCCSc2ccc(F)cc2)sc2cc([N+](=O)[O-])ccc21. The lowest BCUT2D eigenvalue weighted by Gasteiger charge is -2.01. The van der Waals surface area contributed by atoms with E-state index in [4.69, 9.17) is 6.42 Å². The topological polar surface area (TPSA) is 77.5 Å². The van der Waals surface area contributed by atoms with Crippen molar-refractivity contribution in [3.05, 3.63) is 63.2 Å². The Morgan fingerprint density at radius 3 is 2.76 bits per heavy atom. The van der Waals surface area contributed by atoms with Crippen LogP contribution in [0, 0.1) is 28.3 Å². The van der Waals surface area contributed by atoms with Gasteiger partial charge >= 0.3 is 0 Å². The maximum atomic E-state index is 12.9. The lowest BCUT2D eigenvalue weighted by Crippen LogP contribution is -2.16. The monoisotopic (exact) mass is 429 g/mol. The van der Waals surface area contributed by atoms with Gasteiger partial charge in [0.05, 0.1) is 21.7 Å². The number of fused-ring (bicyclic) bond motifs is 1. The first kappa shape index (κ1) is 20.8. The molecule has 6 nitrogen and oxygen atoms in total. The van der Waals surface area contributed by atoms with Crippen LogP contribution in [-0.2, 0) is 11.3 Å². The van der Waals surface area contributed by atoms with E-state index in [1.54, 1.807) is 34.5 Å². The van der Waals surface area contributed by atoms with E-state index in [9.17, 15) is 19.3 Å². The summed E-state index contributed by atoms with van der Waals surface area (Å²) in [5.41, 5.74) is 0.680. The van der Waals surface area contributed by atoms with E-state index in [-0.39, 0.29) is 30.4 Å². The minimum Gasteiger partial charge on any atom is -0.305 e. The van der Waals surface area contributed by atoms with Crippen LogP contribution in [0.15, 0.2) is 52.4 Å². The van der Waals surface area contributed by atoms with Crippen molar-refractivity contribution in [1.82, 2.24) is 4.57 Å². The molecule has 3 rings (SSSR count). The number of hydrogen-bond donors (Lipinski definition) is 0. The van der Waals surface area contributed by atoms with Gasteiger partial charge in [0, 0.05) is 23.4 Å². The normalized spacial score (nSPS) is 11.5. The van der Waals surface area contributed by atoms with Crippen LogP contribution in [0.4, 0.5) is 10.1 Å². The van der Waals surface area contributed by atoms with E-state index in [2.05, 4.69) is 10.9 Å². The van der Waals surface area contributed by atoms with Gasteiger partial charge in [-0.25, -0.2) is 4.39 Å². The quantitative estimate of drug-likeness (QED) is 0.184. The number of nitro groups is 1. The summed E-state index contributed by atoms with van der Waals surface area (Å²) in [5.74, 6) is 2.67. The molecular formula is C20H16FN3O3S2. The number of carbonyl (C=O) groups excluding carboxylic acids is 1. The summed E-state index contributed by atoms with van der Waals surface area (Å²) >= 11 is 2.74. The van der Waals surface area contributed by atoms with Crippen molar-refractivity contribution in [1.29, 1.82) is 0 Å². The number of nitrogens with zero attached hydrogens (tertiary/aromatic N) is 3. The van der Waals surface area contributed by atoms with Crippen molar-refractivity contribution in [2.24, 2.45) is 4.99 Å². The van der Waals surface area contributed by atoms with Crippen LogP contribution in [0.2, 0.25) is 0 Å². The van der Waals surface area contributed by atoms with Gasteiger partial charge in [0.2, 0.25) is 5.91 Å². The molecule has 0 spiro atoms. The zero-order chi connectivity index (χ0) is 20.8. The summed E-state index contributed by atoms with van der Waals surface area (Å²) in [6.07, 6.45) is 6.31. The van der Waals surface area contributed by atoms with E-state index in [0.717, 1.165) is 4.90 Å². The third-order valence-electron chi connectivity index (χ3n) is 3.96. The Balaban J connectivity index is 1.71. The molecule has 0 aliphatic carbocycles. The highest BCUT2D eigenvalue weighted by Crippen LogP contribution is 2.23. The van der Waals surface area contributed by atoms with Crippen molar-refractivity contribution in [3.63, 3.8) is 0 Å². The predicted molar refractivity (Wildman–Crippen MR) is 112 cm³/mol. The molecule has 0 bridgehead atoms. The van der Waals surface area contributed by atoms with Crippen LogP contribution in [0.5, 0.6) is 0 Å². The summed E-state index contributed by atoms with van der Waals surface area (Å²) in [4.78, 5) is 28.3. The molecule has 0 N–H and O–H groups in total. The van der Waals surface area contributed by atoms with Crippen molar-refractivity contribution in [2.45, 2.75) is 24.3 Å². The minimum absolute atomic E-state index is 0.0256. The summed E-state index contributed by atoms with van der Waals surface area (Å²) in [6.45, 7) is 0.213. The Morgan fingerprint density at radius 1 is 1.31 bits per heavy atom. The van der Waals surface area contributed by atoms with Crippen molar-refractivity contribution >= 4 is 44.9 Å². The van der Waals surface area contributed by atoms with Crippen LogP contribution in [-0.4, -0.2) is 21.2 Å². The molecule has 0 unspecified atom stereocenters. The summed E-state index contributed by atoms with van der Waals surface area (Å²) < 4.78 is 15.3. The number of amides is 1. The van der Waals surface area contributed by atoms with Crippen LogP contribution in [0.3, 0.4) is 0 Å². The van der Waals surface area contributed by atoms with Crippen LogP contribution >= 0.6 is 23.1 Å². The van der Waals surface area contributed by atoms with Crippen molar-refractivity contribution in [2.75, 3.05) is 5.75 Å². The first-order valence-corrected chi connectivity index (χ1v) is 10.5. The van der Waals surface area contributed by atoms with Gasteiger partial charge in [0.1, 0.15) is 5.82 Å². The van der Waals surface area contributed by atoms with E-state index < -0.39 is 4.92 Å². The van der Waals surface area contributed by atoms with Gasteiger partial charge in [0.15, 0.2) is 4.80 Å². The smallest absolute Gasteiger partial charge is 0.270 e. The van der Waals surface area contributed by atoms with E-state index >= 15 is 0 Å². The van der Waals surface area contributed by atoms with Gasteiger partial charge in [0.25, 0.3) is 5.69 Å². The number of rotatable bonds is 7. The van der Waals surface area contributed by atoms with Gasteiger partial charge in [-0.3, -0.25) is 14.9 Å². The number of thiazole rings is 1. The van der Waals surface area contributed by atoms with Gasteiger partial charge in [-0.15, -0.1) is 18.2 Å². The third kappa shape index (κ3) is 5.31. The lowest BCUT2D eigenvalue weighted by atomic mass is 10.3. The minimum atomic E-state index is -0.467. The largest absolute Gasteiger partial charge is 0.305 e. The Bertz CT molecular complexity index is 1160. The first-order valence-electron chi connectivity index (χ1n) is 8.65. The molecule has 29 heavy (non-hydrogen) atoms. The van der Waals surface area contributed by atoms with Crippen LogP contribution in [0.25, 0.3) is 10.2 Å². The molecule has 1 heterocycles. The third-order valence-corrected chi connectivity index (χ3v) is 6.10.